The average Bonchev–Trinajstić information content (AvgIpc) is 2.72. The second-order valence-electron chi connectivity index (χ2n) is 6.88. The number of hydrogen-bond acceptors (Lipinski definition) is 4. The van der Waals surface area contributed by atoms with Crippen LogP contribution in [0.25, 0.3) is 6.08 Å². The van der Waals surface area contributed by atoms with Crippen LogP contribution in [0.15, 0.2) is 48.5 Å². The molecule has 1 saturated heterocycles. The highest BCUT2D eigenvalue weighted by atomic mass is 19.1. The Morgan fingerprint density at radius 3 is 2.72 bits per heavy atom. The van der Waals surface area contributed by atoms with Gasteiger partial charge in [-0.3, -0.25) is 9.69 Å². The summed E-state index contributed by atoms with van der Waals surface area (Å²) in [5, 5.41) is 12.4. The third kappa shape index (κ3) is 6.19. The third-order valence-corrected chi connectivity index (χ3v) is 4.74. The number of morpholine rings is 1. The number of aliphatic hydroxyl groups excluding tert-OH is 1. The van der Waals surface area contributed by atoms with Crippen molar-refractivity contribution in [3.05, 3.63) is 76.9 Å². The quantitative estimate of drug-likeness (QED) is 0.699. The van der Waals surface area contributed by atoms with Crippen molar-refractivity contribution in [3.63, 3.8) is 0 Å². The Hall–Kier alpha value is -2.61. The van der Waals surface area contributed by atoms with Crippen molar-refractivity contribution in [1.29, 1.82) is 0 Å². The molecule has 154 valence electrons. The van der Waals surface area contributed by atoms with E-state index in [0.29, 0.717) is 0 Å². The molecule has 2 N–H and O–H groups in total. The average molecular weight is 402 g/mol. The van der Waals surface area contributed by atoms with Gasteiger partial charge in [0.2, 0.25) is 5.91 Å². The first-order chi connectivity index (χ1) is 14.0. The predicted molar refractivity (Wildman–Crippen MR) is 106 cm³/mol. The molecule has 0 aromatic heterocycles. The van der Waals surface area contributed by atoms with E-state index in [1.54, 1.807) is 0 Å². The molecule has 1 aliphatic heterocycles. The lowest BCUT2D eigenvalue weighted by Crippen LogP contribution is -2.35. The third-order valence-electron chi connectivity index (χ3n) is 4.74. The summed E-state index contributed by atoms with van der Waals surface area (Å²) in [7, 11) is 0. The molecule has 0 aliphatic carbocycles. The van der Waals surface area contributed by atoms with E-state index in [4.69, 9.17) is 4.74 Å². The SMILES string of the molecule is O=C(/C=C/c1ccc(F)cc1F)NC(CO)c1cccc(CN2CCOCC2)c1. The molecular formula is C22H24F2N2O3. The van der Waals surface area contributed by atoms with Crippen LogP contribution in [0.2, 0.25) is 0 Å². The summed E-state index contributed by atoms with van der Waals surface area (Å²) in [6, 6.07) is 10.2. The number of halogens is 2. The molecule has 1 fully saturated rings. The van der Waals surface area contributed by atoms with E-state index in [0.717, 1.165) is 62.2 Å². The first kappa shape index (κ1) is 21.1. The Morgan fingerprint density at radius 2 is 2.00 bits per heavy atom. The molecule has 3 rings (SSSR count). The van der Waals surface area contributed by atoms with Crippen molar-refractivity contribution in [2.24, 2.45) is 0 Å². The minimum Gasteiger partial charge on any atom is -0.394 e. The molecule has 2 aromatic carbocycles. The predicted octanol–water partition coefficient (Wildman–Crippen LogP) is 2.66. The summed E-state index contributed by atoms with van der Waals surface area (Å²) < 4.78 is 32.0. The first-order valence-corrected chi connectivity index (χ1v) is 9.48. The van der Waals surface area contributed by atoms with Crippen LogP contribution in [-0.4, -0.2) is 48.8 Å². The van der Waals surface area contributed by atoms with Crippen LogP contribution >= 0.6 is 0 Å². The molecule has 0 saturated carbocycles. The molecule has 1 atom stereocenters. The van der Waals surface area contributed by atoms with Crippen molar-refractivity contribution in [3.8, 4) is 0 Å². The van der Waals surface area contributed by atoms with Gasteiger partial charge in [0.05, 0.1) is 25.9 Å². The van der Waals surface area contributed by atoms with E-state index in [1.807, 2.05) is 24.3 Å². The molecule has 0 spiro atoms. The fourth-order valence-electron chi connectivity index (χ4n) is 3.18. The second kappa shape index (κ2) is 10.2. The number of ether oxygens (including phenoxy) is 1. The lowest BCUT2D eigenvalue weighted by Gasteiger charge is -2.27. The lowest BCUT2D eigenvalue weighted by atomic mass is 10.0. The van der Waals surface area contributed by atoms with E-state index in [9.17, 15) is 18.7 Å². The van der Waals surface area contributed by atoms with Crippen molar-refractivity contribution in [2.75, 3.05) is 32.9 Å². The Morgan fingerprint density at radius 1 is 1.21 bits per heavy atom. The number of hydrogen-bond donors (Lipinski definition) is 2. The molecule has 1 heterocycles. The maximum Gasteiger partial charge on any atom is 0.244 e. The van der Waals surface area contributed by atoms with E-state index >= 15 is 0 Å². The highest BCUT2D eigenvalue weighted by Crippen LogP contribution is 2.17. The molecule has 0 radical (unpaired) electrons. The molecule has 1 amide bonds. The summed E-state index contributed by atoms with van der Waals surface area (Å²) >= 11 is 0. The Kier molecular flexibility index (Phi) is 7.46. The first-order valence-electron chi connectivity index (χ1n) is 9.48. The number of benzene rings is 2. The zero-order valence-corrected chi connectivity index (χ0v) is 16.0. The number of nitrogens with one attached hydrogen (secondary N) is 1. The Labute approximate surface area is 168 Å². The van der Waals surface area contributed by atoms with Gasteiger partial charge in [0.1, 0.15) is 11.6 Å². The van der Waals surface area contributed by atoms with Gasteiger partial charge in [-0.15, -0.1) is 0 Å². The minimum atomic E-state index is -0.747. The van der Waals surface area contributed by atoms with E-state index < -0.39 is 23.6 Å². The van der Waals surface area contributed by atoms with Gasteiger partial charge in [0.15, 0.2) is 0 Å². The van der Waals surface area contributed by atoms with Crippen molar-refractivity contribution >= 4 is 12.0 Å². The van der Waals surface area contributed by atoms with Crippen LogP contribution in [-0.2, 0) is 16.1 Å². The van der Waals surface area contributed by atoms with E-state index in [-0.39, 0.29) is 12.2 Å². The molecule has 2 aromatic rings. The summed E-state index contributed by atoms with van der Waals surface area (Å²) in [5.74, 6) is -1.91. The molecule has 1 unspecified atom stereocenters. The fourth-order valence-corrected chi connectivity index (χ4v) is 3.18. The molecular weight excluding hydrogens is 378 g/mol. The number of nitrogens with zero attached hydrogens (tertiary/aromatic N) is 1. The van der Waals surface area contributed by atoms with Crippen LogP contribution in [0.5, 0.6) is 0 Å². The standard InChI is InChI=1S/C22H24F2N2O3/c23-19-6-4-17(20(24)13-19)5-7-22(28)25-21(15-27)18-3-1-2-16(12-18)14-26-8-10-29-11-9-26/h1-7,12-13,21,27H,8-11,14-15H2,(H,25,28)/b7-5+. The summed E-state index contributed by atoms with van der Waals surface area (Å²) in [6.07, 6.45) is 2.43. The van der Waals surface area contributed by atoms with Gasteiger partial charge in [0, 0.05) is 37.3 Å². The van der Waals surface area contributed by atoms with Gasteiger partial charge >= 0.3 is 0 Å². The van der Waals surface area contributed by atoms with Gasteiger partial charge in [-0.25, -0.2) is 8.78 Å². The largest absolute Gasteiger partial charge is 0.394 e. The molecule has 5 nitrogen and oxygen atoms in total. The molecule has 1 aliphatic rings. The molecule has 0 bridgehead atoms. The van der Waals surface area contributed by atoms with Gasteiger partial charge < -0.3 is 15.2 Å². The van der Waals surface area contributed by atoms with Crippen LogP contribution < -0.4 is 5.32 Å². The Balaban J connectivity index is 1.63. The van der Waals surface area contributed by atoms with Gasteiger partial charge in [-0.2, -0.15) is 0 Å². The van der Waals surface area contributed by atoms with Crippen LogP contribution in [0, 0.1) is 11.6 Å². The number of carbonyl (C=O) groups excluding carboxylic acids is 1. The summed E-state index contributed by atoms with van der Waals surface area (Å²) in [5.41, 5.74) is 1.98. The smallest absolute Gasteiger partial charge is 0.244 e. The van der Waals surface area contributed by atoms with Crippen LogP contribution in [0.4, 0.5) is 8.78 Å². The zero-order chi connectivity index (χ0) is 20.6. The maximum atomic E-state index is 13.7. The van der Waals surface area contributed by atoms with Crippen molar-refractivity contribution in [2.45, 2.75) is 12.6 Å². The highest BCUT2D eigenvalue weighted by molar-refractivity contribution is 5.92. The monoisotopic (exact) mass is 402 g/mol. The van der Waals surface area contributed by atoms with Crippen LogP contribution in [0.1, 0.15) is 22.7 Å². The summed E-state index contributed by atoms with van der Waals surface area (Å²) in [6.45, 7) is 3.68. The maximum absolute atomic E-state index is 13.7. The number of aliphatic hydroxyl groups is 1. The number of rotatable bonds is 7. The van der Waals surface area contributed by atoms with Gasteiger partial charge in [-0.05, 0) is 29.3 Å². The van der Waals surface area contributed by atoms with Gasteiger partial charge in [0.25, 0.3) is 0 Å². The van der Waals surface area contributed by atoms with Crippen LogP contribution in [0.3, 0.4) is 0 Å². The second-order valence-corrected chi connectivity index (χ2v) is 6.88. The van der Waals surface area contributed by atoms with Crippen molar-refractivity contribution in [1.82, 2.24) is 10.2 Å². The summed E-state index contributed by atoms with van der Waals surface area (Å²) in [4.78, 5) is 14.5. The van der Waals surface area contributed by atoms with E-state index in [2.05, 4.69) is 10.2 Å². The highest BCUT2D eigenvalue weighted by Gasteiger charge is 2.15. The lowest BCUT2D eigenvalue weighted by molar-refractivity contribution is -0.117. The minimum absolute atomic E-state index is 0.106. The van der Waals surface area contributed by atoms with E-state index in [1.165, 1.54) is 12.1 Å². The normalized spacial score (nSPS) is 16.1. The van der Waals surface area contributed by atoms with Gasteiger partial charge in [-0.1, -0.05) is 24.3 Å². The molecule has 29 heavy (non-hydrogen) atoms. The fraction of sp³-hybridized carbons (Fsp3) is 0.318. The van der Waals surface area contributed by atoms with Crippen molar-refractivity contribution < 1.29 is 23.4 Å². The number of amides is 1. The molecule has 7 heteroatoms. The number of carbonyl (C=O) groups is 1. The zero-order valence-electron chi connectivity index (χ0n) is 16.0. The topological polar surface area (TPSA) is 61.8 Å². The Bertz CT molecular complexity index is 867.